The Labute approximate surface area is 123 Å². The molecule has 0 fully saturated rings. The first-order valence-corrected chi connectivity index (χ1v) is 6.87. The number of ether oxygens (including phenoxy) is 1. The number of rotatable bonds is 3. The summed E-state index contributed by atoms with van der Waals surface area (Å²) < 4.78 is 5.92. The Bertz CT molecular complexity index is 762. The minimum absolute atomic E-state index is 0.228. The molecule has 0 bridgehead atoms. The van der Waals surface area contributed by atoms with Gasteiger partial charge in [-0.3, -0.25) is 5.10 Å². The summed E-state index contributed by atoms with van der Waals surface area (Å²) in [6.45, 7) is 0.228. The third kappa shape index (κ3) is 2.44. The maximum atomic E-state index is 11.9. The van der Waals surface area contributed by atoms with Crippen molar-refractivity contribution in [3.05, 3.63) is 64.4 Å². The van der Waals surface area contributed by atoms with E-state index in [0.717, 1.165) is 16.3 Å². The Kier molecular flexibility index (Phi) is 3.52. The zero-order chi connectivity index (χ0) is 13.9. The highest BCUT2D eigenvalue weighted by molar-refractivity contribution is 9.10. The van der Waals surface area contributed by atoms with Gasteiger partial charge in [-0.05, 0) is 32.3 Å². The maximum Gasteiger partial charge on any atom is 0.357 e. The molecule has 1 N–H and O–H groups in total. The fourth-order valence-electron chi connectivity index (χ4n) is 2.05. The number of benzene rings is 2. The van der Waals surface area contributed by atoms with Gasteiger partial charge >= 0.3 is 5.97 Å². The molecule has 1 aromatic heterocycles. The van der Waals surface area contributed by atoms with Crippen LogP contribution in [-0.4, -0.2) is 16.2 Å². The number of nitrogens with zero attached hydrogens (tertiary/aromatic N) is 1. The number of fused-ring (bicyclic) bond motifs is 1. The van der Waals surface area contributed by atoms with E-state index >= 15 is 0 Å². The van der Waals surface area contributed by atoms with Crippen LogP contribution in [0.15, 0.2) is 53.1 Å². The van der Waals surface area contributed by atoms with Crippen LogP contribution in [0.4, 0.5) is 0 Å². The molecule has 100 valence electrons. The molecule has 0 aliphatic carbocycles. The fourth-order valence-corrected chi connectivity index (χ4v) is 2.40. The molecule has 0 radical (unpaired) electrons. The van der Waals surface area contributed by atoms with Crippen LogP contribution in [0.3, 0.4) is 0 Å². The number of halogens is 1. The number of hydrogen-bond donors (Lipinski definition) is 1. The van der Waals surface area contributed by atoms with Crippen LogP contribution < -0.4 is 0 Å². The van der Waals surface area contributed by atoms with Crippen molar-refractivity contribution in [1.82, 2.24) is 10.2 Å². The van der Waals surface area contributed by atoms with Crippen molar-refractivity contribution in [2.45, 2.75) is 6.61 Å². The molecule has 0 unspecified atom stereocenters. The molecule has 0 saturated heterocycles. The number of H-pyrrole nitrogens is 1. The van der Waals surface area contributed by atoms with Crippen LogP contribution in [0.25, 0.3) is 10.8 Å². The van der Waals surface area contributed by atoms with E-state index in [-0.39, 0.29) is 6.61 Å². The molecule has 0 aliphatic heterocycles. The SMILES string of the molecule is O=C(OCc1cccc2ccccc12)c1[nH]ncc1Br. The van der Waals surface area contributed by atoms with Crippen molar-refractivity contribution < 1.29 is 9.53 Å². The maximum absolute atomic E-state index is 11.9. The smallest absolute Gasteiger partial charge is 0.357 e. The molecule has 1 heterocycles. The van der Waals surface area contributed by atoms with Gasteiger partial charge in [-0.15, -0.1) is 0 Å². The average Bonchev–Trinajstić information content (AvgIpc) is 2.91. The topological polar surface area (TPSA) is 55.0 Å². The van der Waals surface area contributed by atoms with Gasteiger partial charge in [0.1, 0.15) is 6.61 Å². The Morgan fingerprint density at radius 3 is 2.80 bits per heavy atom. The van der Waals surface area contributed by atoms with Crippen LogP contribution in [0.5, 0.6) is 0 Å². The zero-order valence-electron chi connectivity index (χ0n) is 10.5. The first kappa shape index (κ1) is 12.9. The van der Waals surface area contributed by atoms with E-state index in [1.54, 1.807) is 0 Å². The van der Waals surface area contributed by atoms with Gasteiger partial charge in [-0.25, -0.2) is 4.79 Å². The molecule has 4 nitrogen and oxygen atoms in total. The lowest BCUT2D eigenvalue weighted by molar-refractivity contribution is 0.0466. The summed E-state index contributed by atoms with van der Waals surface area (Å²) in [6, 6.07) is 14.0. The molecule has 0 aliphatic rings. The summed E-state index contributed by atoms with van der Waals surface area (Å²) in [5.74, 6) is -0.428. The summed E-state index contributed by atoms with van der Waals surface area (Å²) in [4.78, 5) is 11.9. The number of carbonyl (C=O) groups excluding carboxylic acids is 1. The van der Waals surface area contributed by atoms with Crippen LogP contribution in [0, 0.1) is 0 Å². The van der Waals surface area contributed by atoms with Crippen molar-refractivity contribution in [2.75, 3.05) is 0 Å². The van der Waals surface area contributed by atoms with Crippen LogP contribution in [0.1, 0.15) is 16.1 Å². The quantitative estimate of drug-likeness (QED) is 0.745. The highest BCUT2D eigenvalue weighted by Crippen LogP contribution is 2.20. The van der Waals surface area contributed by atoms with E-state index in [1.165, 1.54) is 6.20 Å². The minimum Gasteiger partial charge on any atom is -0.456 e. The van der Waals surface area contributed by atoms with Gasteiger partial charge in [-0.2, -0.15) is 5.10 Å². The second-order valence-corrected chi connectivity index (χ2v) is 5.16. The van der Waals surface area contributed by atoms with E-state index in [1.807, 2.05) is 42.5 Å². The molecular weight excluding hydrogens is 320 g/mol. The zero-order valence-corrected chi connectivity index (χ0v) is 12.1. The van der Waals surface area contributed by atoms with Crippen molar-refractivity contribution in [3.8, 4) is 0 Å². The third-order valence-electron chi connectivity index (χ3n) is 3.04. The van der Waals surface area contributed by atoms with Crippen LogP contribution >= 0.6 is 15.9 Å². The predicted octanol–water partition coefficient (Wildman–Crippen LogP) is 3.68. The Morgan fingerprint density at radius 2 is 2.00 bits per heavy atom. The molecular formula is C15H11BrN2O2. The Hall–Kier alpha value is -2.14. The summed E-state index contributed by atoms with van der Waals surface area (Å²) in [7, 11) is 0. The molecule has 20 heavy (non-hydrogen) atoms. The Balaban J connectivity index is 1.81. The van der Waals surface area contributed by atoms with E-state index < -0.39 is 5.97 Å². The Morgan fingerprint density at radius 1 is 1.20 bits per heavy atom. The van der Waals surface area contributed by atoms with Gasteiger partial charge in [0.2, 0.25) is 0 Å². The summed E-state index contributed by atoms with van der Waals surface area (Å²) in [5, 5.41) is 8.60. The number of carbonyl (C=O) groups is 1. The number of aromatic nitrogens is 2. The number of esters is 1. The largest absolute Gasteiger partial charge is 0.456 e. The van der Waals surface area contributed by atoms with Gasteiger partial charge in [0.25, 0.3) is 0 Å². The third-order valence-corrected chi connectivity index (χ3v) is 3.64. The van der Waals surface area contributed by atoms with E-state index in [9.17, 15) is 4.79 Å². The fraction of sp³-hybridized carbons (Fsp3) is 0.0667. The monoisotopic (exact) mass is 330 g/mol. The summed E-state index contributed by atoms with van der Waals surface area (Å²) in [6.07, 6.45) is 1.52. The molecule has 5 heteroatoms. The number of nitrogens with one attached hydrogen (secondary N) is 1. The van der Waals surface area contributed by atoms with Crippen molar-refractivity contribution in [1.29, 1.82) is 0 Å². The average molecular weight is 331 g/mol. The lowest BCUT2D eigenvalue weighted by Gasteiger charge is -2.07. The summed E-state index contributed by atoms with van der Waals surface area (Å²) >= 11 is 3.24. The standard InChI is InChI=1S/C15H11BrN2O2/c16-13-8-17-18-14(13)15(19)20-9-11-6-3-5-10-4-1-2-7-12(10)11/h1-8H,9H2,(H,17,18). The molecule has 2 aromatic carbocycles. The molecule has 3 aromatic rings. The predicted molar refractivity (Wildman–Crippen MR) is 79.4 cm³/mol. The van der Waals surface area contributed by atoms with Gasteiger partial charge in [-0.1, -0.05) is 42.5 Å². The molecule has 3 rings (SSSR count). The normalized spacial score (nSPS) is 10.7. The van der Waals surface area contributed by atoms with Gasteiger partial charge < -0.3 is 4.74 Å². The lowest BCUT2D eigenvalue weighted by Crippen LogP contribution is -2.06. The molecule has 0 spiro atoms. The van der Waals surface area contributed by atoms with E-state index in [0.29, 0.717) is 10.2 Å². The molecule has 0 amide bonds. The van der Waals surface area contributed by atoms with Gasteiger partial charge in [0.15, 0.2) is 5.69 Å². The lowest BCUT2D eigenvalue weighted by atomic mass is 10.1. The van der Waals surface area contributed by atoms with E-state index in [2.05, 4.69) is 26.1 Å². The highest BCUT2D eigenvalue weighted by Gasteiger charge is 2.14. The van der Waals surface area contributed by atoms with Gasteiger partial charge in [0, 0.05) is 0 Å². The first-order chi connectivity index (χ1) is 9.75. The minimum atomic E-state index is -0.428. The number of hydrogen-bond acceptors (Lipinski definition) is 3. The molecule has 0 saturated carbocycles. The number of aromatic amines is 1. The van der Waals surface area contributed by atoms with Gasteiger partial charge in [0.05, 0.1) is 10.7 Å². The van der Waals surface area contributed by atoms with Crippen LogP contribution in [0.2, 0.25) is 0 Å². The van der Waals surface area contributed by atoms with Crippen molar-refractivity contribution in [3.63, 3.8) is 0 Å². The van der Waals surface area contributed by atoms with Crippen molar-refractivity contribution in [2.24, 2.45) is 0 Å². The van der Waals surface area contributed by atoms with E-state index in [4.69, 9.17) is 4.74 Å². The second kappa shape index (κ2) is 5.46. The first-order valence-electron chi connectivity index (χ1n) is 6.08. The summed E-state index contributed by atoms with van der Waals surface area (Å²) in [5.41, 5.74) is 1.30. The molecule has 0 atom stereocenters. The van der Waals surface area contributed by atoms with Crippen molar-refractivity contribution >= 4 is 32.7 Å². The second-order valence-electron chi connectivity index (χ2n) is 4.31. The van der Waals surface area contributed by atoms with Crippen LogP contribution in [-0.2, 0) is 11.3 Å². The highest BCUT2D eigenvalue weighted by atomic mass is 79.9.